The number of halogens is 1. The average Bonchev–Trinajstić information content (AvgIpc) is 2.79. The number of ether oxygens (including phenoxy) is 3. The van der Waals surface area contributed by atoms with Crippen molar-refractivity contribution in [2.24, 2.45) is 0 Å². The monoisotopic (exact) mass is 448 g/mol. The fourth-order valence-electron chi connectivity index (χ4n) is 2.86. The van der Waals surface area contributed by atoms with Gasteiger partial charge < -0.3 is 24.4 Å². The van der Waals surface area contributed by atoms with Crippen LogP contribution in [-0.4, -0.2) is 50.1 Å². The van der Waals surface area contributed by atoms with Crippen molar-refractivity contribution in [3.05, 3.63) is 53.1 Å². The van der Waals surface area contributed by atoms with Crippen LogP contribution in [-0.2, 0) is 16.1 Å². The van der Waals surface area contributed by atoms with E-state index in [1.54, 1.807) is 37.3 Å². The summed E-state index contributed by atoms with van der Waals surface area (Å²) in [6, 6.07) is 11.5. The first kappa shape index (κ1) is 24.3. The molecule has 0 aliphatic carbocycles. The summed E-state index contributed by atoms with van der Waals surface area (Å²) in [5.74, 6) is 0.987. The highest BCUT2D eigenvalue weighted by molar-refractivity contribution is 6.30. The molecule has 0 saturated heterocycles. The van der Waals surface area contributed by atoms with Crippen molar-refractivity contribution in [1.82, 2.24) is 10.2 Å². The summed E-state index contributed by atoms with van der Waals surface area (Å²) in [6.07, 6.45) is 0.810. The molecule has 2 aromatic rings. The second-order valence-electron chi connectivity index (χ2n) is 6.95. The van der Waals surface area contributed by atoms with Crippen LogP contribution in [0.1, 0.15) is 25.8 Å². The Morgan fingerprint density at radius 1 is 1.03 bits per heavy atom. The summed E-state index contributed by atoms with van der Waals surface area (Å²) < 4.78 is 16.2. The predicted molar refractivity (Wildman–Crippen MR) is 120 cm³/mol. The van der Waals surface area contributed by atoms with Gasteiger partial charge in [-0.15, -0.1) is 0 Å². The first-order valence-electron chi connectivity index (χ1n) is 10.1. The maximum atomic E-state index is 13.0. The van der Waals surface area contributed by atoms with E-state index in [0.717, 1.165) is 12.0 Å². The molecule has 8 heteroatoms. The lowest BCUT2D eigenvalue weighted by molar-refractivity contribution is -0.142. The number of hydrogen-bond acceptors (Lipinski definition) is 5. The lowest BCUT2D eigenvalue weighted by atomic mass is 10.1. The SMILES string of the molecule is CCCNC(=O)[C@@H](C)N(Cc1ccc(Cl)cc1)C(=O)COc1cc(OC)cc(OC)c1. The molecule has 2 amide bonds. The van der Waals surface area contributed by atoms with Gasteiger partial charge in [0.2, 0.25) is 5.91 Å². The number of carbonyl (C=O) groups excluding carboxylic acids is 2. The van der Waals surface area contributed by atoms with Crippen LogP contribution in [0.3, 0.4) is 0 Å². The number of rotatable bonds is 11. The van der Waals surface area contributed by atoms with E-state index in [1.165, 1.54) is 19.1 Å². The van der Waals surface area contributed by atoms with Crippen molar-refractivity contribution in [3.63, 3.8) is 0 Å². The smallest absolute Gasteiger partial charge is 0.261 e. The predicted octanol–water partition coefficient (Wildman–Crippen LogP) is 3.68. The average molecular weight is 449 g/mol. The molecule has 0 spiro atoms. The highest BCUT2D eigenvalue weighted by atomic mass is 35.5. The van der Waals surface area contributed by atoms with Gasteiger partial charge in [0.25, 0.3) is 5.91 Å². The Labute approximate surface area is 188 Å². The van der Waals surface area contributed by atoms with Crippen LogP contribution in [0.15, 0.2) is 42.5 Å². The minimum absolute atomic E-state index is 0.216. The standard InChI is InChI=1S/C23H29ClN2O5/c1-5-10-25-23(28)16(2)26(14-17-6-8-18(24)9-7-17)22(27)15-31-21-12-19(29-3)11-20(13-21)30-4/h6-9,11-13,16H,5,10,14-15H2,1-4H3,(H,25,28)/t16-/m1/s1. The van der Waals surface area contributed by atoms with Gasteiger partial charge in [-0.2, -0.15) is 0 Å². The molecule has 0 saturated carbocycles. The van der Waals surface area contributed by atoms with E-state index in [0.29, 0.717) is 28.8 Å². The van der Waals surface area contributed by atoms with Crippen molar-refractivity contribution >= 4 is 23.4 Å². The zero-order valence-electron chi connectivity index (χ0n) is 18.3. The zero-order chi connectivity index (χ0) is 22.8. The number of nitrogens with zero attached hydrogens (tertiary/aromatic N) is 1. The maximum Gasteiger partial charge on any atom is 0.261 e. The molecule has 0 aromatic heterocycles. The van der Waals surface area contributed by atoms with Gasteiger partial charge in [0.05, 0.1) is 14.2 Å². The maximum absolute atomic E-state index is 13.0. The number of benzene rings is 2. The summed E-state index contributed by atoms with van der Waals surface area (Å²) in [5.41, 5.74) is 0.857. The van der Waals surface area contributed by atoms with Crippen LogP contribution >= 0.6 is 11.6 Å². The molecule has 7 nitrogen and oxygen atoms in total. The van der Waals surface area contributed by atoms with Crippen molar-refractivity contribution in [1.29, 1.82) is 0 Å². The first-order valence-corrected chi connectivity index (χ1v) is 10.4. The normalized spacial score (nSPS) is 11.4. The van der Waals surface area contributed by atoms with Gasteiger partial charge in [0.1, 0.15) is 23.3 Å². The lowest BCUT2D eigenvalue weighted by Gasteiger charge is -2.28. The highest BCUT2D eigenvalue weighted by Gasteiger charge is 2.26. The molecule has 168 valence electrons. The van der Waals surface area contributed by atoms with Crippen molar-refractivity contribution in [2.75, 3.05) is 27.4 Å². The molecular formula is C23H29ClN2O5. The van der Waals surface area contributed by atoms with E-state index < -0.39 is 6.04 Å². The van der Waals surface area contributed by atoms with Gasteiger partial charge in [0, 0.05) is 36.3 Å². The lowest BCUT2D eigenvalue weighted by Crippen LogP contribution is -2.49. The third-order valence-corrected chi connectivity index (χ3v) is 4.92. The van der Waals surface area contributed by atoms with Gasteiger partial charge in [-0.3, -0.25) is 9.59 Å². The second-order valence-corrected chi connectivity index (χ2v) is 7.39. The zero-order valence-corrected chi connectivity index (χ0v) is 19.1. The van der Waals surface area contributed by atoms with Crippen molar-refractivity contribution < 1.29 is 23.8 Å². The Morgan fingerprint density at radius 2 is 1.61 bits per heavy atom. The minimum atomic E-state index is -0.668. The van der Waals surface area contributed by atoms with E-state index in [9.17, 15) is 9.59 Å². The molecule has 0 bridgehead atoms. The third kappa shape index (κ3) is 7.36. The second kappa shape index (κ2) is 12.1. The number of methoxy groups -OCH3 is 2. The van der Waals surface area contributed by atoms with E-state index in [-0.39, 0.29) is 25.0 Å². The van der Waals surface area contributed by atoms with E-state index in [2.05, 4.69) is 5.32 Å². The quantitative estimate of drug-likeness (QED) is 0.567. The van der Waals surface area contributed by atoms with E-state index in [4.69, 9.17) is 25.8 Å². The summed E-state index contributed by atoms with van der Waals surface area (Å²) >= 11 is 5.96. The molecule has 0 aliphatic heterocycles. The van der Waals surface area contributed by atoms with Crippen LogP contribution in [0, 0.1) is 0 Å². The summed E-state index contributed by atoms with van der Waals surface area (Å²) in [7, 11) is 3.07. The van der Waals surface area contributed by atoms with Crippen LogP contribution in [0.25, 0.3) is 0 Å². The largest absolute Gasteiger partial charge is 0.496 e. The van der Waals surface area contributed by atoms with Gasteiger partial charge in [-0.05, 0) is 31.0 Å². The Bertz CT molecular complexity index is 851. The molecule has 0 fully saturated rings. The number of amides is 2. The molecule has 0 aliphatic rings. The van der Waals surface area contributed by atoms with Crippen LogP contribution in [0.4, 0.5) is 0 Å². The number of nitrogens with one attached hydrogen (secondary N) is 1. The fraction of sp³-hybridized carbons (Fsp3) is 0.391. The third-order valence-electron chi connectivity index (χ3n) is 4.67. The molecule has 1 N–H and O–H groups in total. The van der Waals surface area contributed by atoms with Gasteiger partial charge >= 0.3 is 0 Å². The van der Waals surface area contributed by atoms with Gasteiger partial charge in [-0.25, -0.2) is 0 Å². The molecule has 0 heterocycles. The minimum Gasteiger partial charge on any atom is -0.496 e. The Balaban J connectivity index is 2.16. The number of carbonyl (C=O) groups is 2. The molecule has 1 atom stereocenters. The Hall–Kier alpha value is -2.93. The topological polar surface area (TPSA) is 77.1 Å². The fourth-order valence-corrected chi connectivity index (χ4v) is 2.98. The van der Waals surface area contributed by atoms with E-state index >= 15 is 0 Å². The van der Waals surface area contributed by atoms with Gasteiger partial charge in [0.15, 0.2) is 6.61 Å². The van der Waals surface area contributed by atoms with Crippen LogP contribution in [0.5, 0.6) is 17.2 Å². The van der Waals surface area contributed by atoms with Crippen LogP contribution in [0.2, 0.25) is 5.02 Å². The van der Waals surface area contributed by atoms with Gasteiger partial charge in [-0.1, -0.05) is 30.7 Å². The molecule has 0 radical (unpaired) electrons. The Kier molecular flexibility index (Phi) is 9.46. The number of hydrogen-bond donors (Lipinski definition) is 1. The molecule has 2 aromatic carbocycles. The highest BCUT2D eigenvalue weighted by Crippen LogP contribution is 2.27. The molecule has 2 rings (SSSR count). The van der Waals surface area contributed by atoms with Crippen molar-refractivity contribution in [3.8, 4) is 17.2 Å². The first-order chi connectivity index (χ1) is 14.9. The van der Waals surface area contributed by atoms with E-state index in [1.807, 2.05) is 19.1 Å². The Morgan fingerprint density at radius 3 is 2.16 bits per heavy atom. The summed E-state index contributed by atoms with van der Waals surface area (Å²) in [5, 5.41) is 3.44. The molecule has 0 unspecified atom stereocenters. The molecule has 31 heavy (non-hydrogen) atoms. The van der Waals surface area contributed by atoms with Crippen molar-refractivity contribution in [2.45, 2.75) is 32.9 Å². The summed E-state index contributed by atoms with van der Waals surface area (Å²) in [6.45, 7) is 4.23. The summed E-state index contributed by atoms with van der Waals surface area (Å²) in [4.78, 5) is 27.1. The van der Waals surface area contributed by atoms with Crippen LogP contribution < -0.4 is 19.5 Å². The molecular weight excluding hydrogens is 420 g/mol.